The molecular formula is C13H24N2O3. The van der Waals surface area contributed by atoms with Crippen molar-refractivity contribution >= 4 is 11.9 Å². The summed E-state index contributed by atoms with van der Waals surface area (Å²) in [7, 11) is 0. The second-order valence-corrected chi connectivity index (χ2v) is 6.07. The number of nitrogens with zero attached hydrogens (tertiary/aromatic N) is 1. The lowest BCUT2D eigenvalue weighted by atomic mass is 9.99. The molecular weight excluding hydrogens is 232 g/mol. The molecule has 0 spiro atoms. The van der Waals surface area contributed by atoms with Crippen molar-refractivity contribution in [2.24, 2.45) is 11.7 Å². The largest absolute Gasteiger partial charge is 0.481 e. The van der Waals surface area contributed by atoms with Gasteiger partial charge in [0.2, 0.25) is 5.91 Å². The molecule has 1 saturated carbocycles. The van der Waals surface area contributed by atoms with Crippen molar-refractivity contribution in [3.63, 3.8) is 0 Å². The van der Waals surface area contributed by atoms with E-state index >= 15 is 0 Å². The molecule has 0 saturated heterocycles. The van der Waals surface area contributed by atoms with Gasteiger partial charge in [0.25, 0.3) is 0 Å². The molecule has 1 aliphatic carbocycles. The maximum absolute atomic E-state index is 12.4. The molecule has 0 radical (unpaired) electrons. The average molecular weight is 256 g/mol. The monoisotopic (exact) mass is 256 g/mol. The Hall–Kier alpha value is -1.10. The van der Waals surface area contributed by atoms with Crippen molar-refractivity contribution in [1.29, 1.82) is 0 Å². The van der Waals surface area contributed by atoms with Crippen LogP contribution in [-0.2, 0) is 9.59 Å². The van der Waals surface area contributed by atoms with Crippen LogP contribution in [0.25, 0.3) is 0 Å². The number of carbonyl (C=O) groups is 2. The molecule has 18 heavy (non-hydrogen) atoms. The lowest BCUT2D eigenvalue weighted by molar-refractivity contribution is -0.143. The molecule has 1 aliphatic rings. The zero-order valence-corrected chi connectivity index (χ0v) is 11.5. The third kappa shape index (κ3) is 3.98. The van der Waals surface area contributed by atoms with Crippen molar-refractivity contribution in [3.05, 3.63) is 0 Å². The highest BCUT2D eigenvalue weighted by Gasteiger charge is 2.35. The highest BCUT2D eigenvalue weighted by atomic mass is 16.4. The van der Waals surface area contributed by atoms with Gasteiger partial charge in [-0.25, -0.2) is 0 Å². The Morgan fingerprint density at radius 2 is 1.94 bits per heavy atom. The van der Waals surface area contributed by atoms with E-state index in [0.29, 0.717) is 0 Å². The van der Waals surface area contributed by atoms with Crippen LogP contribution in [0.2, 0.25) is 0 Å². The predicted octanol–water partition coefficient (Wildman–Crippen LogP) is 1.22. The number of carboxylic acid groups (broad SMARTS) is 1. The van der Waals surface area contributed by atoms with E-state index in [1.807, 2.05) is 20.8 Å². The molecule has 5 nitrogen and oxygen atoms in total. The minimum absolute atomic E-state index is 0.0121. The highest BCUT2D eigenvalue weighted by Crippen LogP contribution is 2.28. The van der Waals surface area contributed by atoms with Crippen LogP contribution in [0, 0.1) is 5.92 Å². The summed E-state index contributed by atoms with van der Waals surface area (Å²) >= 11 is 0. The Labute approximate surface area is 108 Å². The fourth-order valence-corrected chi connectivity index (χ4v) is 2.44. The number of carboxylic acids is 1. The van der Waals surface area contributed by atoms with E-state index in [0.717, 1.165) is 19.3 Å². The summed E-state index contributed by atoms with van der Waals surface area (Å²) in [5.41, 5.74) is 5.48. The van der Waals surface area contributed by atoms with Crippen LogP contribution >= 0.6 is 0 Å². The number of hydrogen-bond acceptors (Lipinski definition) is 3. The summed E-state index contributed by atoms with van der Waals surface area (Å²) in [6.07, 6.45) is 2.41. The number of aliphatic carboxylic acids is 1. The summed E-state index contributed by atoms with van der Waals surface area (Å²) in [5.74, 6) is -0.857. The van der Waals surface area contributed by atoms with Crippen LogP contribution in [0.3, 0.4) is 0 Å². The third-order valence-electron chi connectivity index (χ3n) is 3.45. The van der Waals surface area contributed by atoms with E-state index in [1.165, 1.54) is 0 Å². The van der Waals surface area contributed by atoms with E-state index in [1.54, 1.807) is 4.90 Å². The summed E-state index contributed by atoms with van der Waals surface area (Å²) in [6.45, 7) is 6.06. The molecule has 3 N–H and O–H groups in total. The Kier molecular flexibility index (Phi) is 4.73. The van der Waals surface area contributed by atoms with Gasteiger partial charge < -0.3 is 15.7 Å². The van der Waals surface area contributed by atoms with E-state index in [-0.39, 0.29) is 36.4 Å². The van der Waals surface area contributed by atoms with Gasteiger partial charge in [-0.2, -0.15) is 0 Å². The molecule has 5 heteroatoms. The molecule has 0 bridgehead atoms. The Morgan fingerprint density at radius 1 is 1.33 bits per heavy atom. The molecule has 0 aromatic rings. The topological polar surface area (TPSA) is 83.6 Å². The number of nitrogens with two attached hydrogens (primary N) is 1. The standard InChI is InChI=1S/C13H24N2O3/c1-13(2,3)15(7-6-11(16)17)12(18)9-4-5-10(14)8-9/h9-10H,4-8,14H2,1-3H3,(H,16,17). The van der Waals surface area contributed by atoms with Gasteiger partial charge in [0.05, 0.1) is 6.42 Å². The van der Waals surface area contributed by atoms with Crippen LogP contribution in [0.1, 0.15) is 46.5 Å². The van der Waals surface area contributed by atoms with Gasteiger partial charge in [0.15, 0.2) is 0 Å². The molecule has 104 valence electrons. The molecule has 0 aromatic carbocycles. The SMILES string of the molecule is CC(C)(C)N(CCC(=O)O)C(=O)C1CCC(N)C1. The van der Waals surface area contributed by atoms with Gasteiger partial charge in [-0.3, -0.25) is 9.59 Å². The van der Waals surface area contributed by atoms with Gasteiger partial charge >= 0.3 is 5.97 Å². The van der Waals surface area contributed by atoms with Crippen LogP contribution < -0.4 is 5.73 Å². The van der Waals surface area contributed by atoms with Crippen molar-refractivity contribution in [1.82, 2.24) is 4.90 Å². The molecule has 0 aliphatic heterocycles. The average Bonchev–Trinajstić information content (AvgIpc) is 2.62. The molecule has 1 rings (SSSR count). The van der Waals surface area contributed by atoms with Crippen molar-refractivity contribution < 1.29 is 14.7 Å². The Bertz CT molecular complexity index is 323. The minimum atomic E-state index is -0.875. The van der Waals surface area contributed by atoms with Gasteiger partial charge in [-0.15, -0.1) is 0 Å². The smallest absolute Gasteiger partial charge is 0.305 e. The molecule has 0 heterocycles. The van der Waals surface area contributed by atoms with E-state index in [4.69, 9.17) is 10.8 Å². The predicted molar refractivity (Wildman–Crippen MR) is 69.0 cm³/mol. The maximum Gasteiger partial charge on any atom is 0.305 e. The quantitative estimate of drug-likeness (QED) is 0.792. The van der Waals surface area contributed by atoms with Gasteiger partial charge in [-0.05, 0) is 40.0 Å². The van der Waals surface area contributed by atoms with E-state index in [9.17, 15) is 9.59 Å². The van der Waals surface area contributed by atoms with Crippen LogP contribution in [0.15, 0.2) is 0 Å². The Balaban J connectivity index is 2.70. The lowest BCUT2D eigenvalue weighted by Gasteiger charge is -2.37. The summed E-state index contributed by atoms with van der Waals surface area (Å²) < 4.78 is 0. The Morgan fingerprint density at radius 3 is 2.33 bits per heavy atom. The zero-order valence-electron chi connectivity index (χ0n) is 11.5. The molecule has 2 unspecified atom stereocenters. The first-order chi connectivity index (χ1) is 8.21. The third-order valence-corrected chi connectivity index (χ3v) is 3.45. The zero-order chi connectivity index (χ0) is 13.9. The number of carbonyl (C=O) groups excluding carboxylic acids is 1. The lowest BCUT2D eigenvalue weighted by Crippen LogP contribution is -2.49. The second kappa shape index (κ2) is 5.69. The minimum Gasteiger partial charge on any atom is -0.481 e. The number of rotatable bonds is 4. The summed E-state index contributed by atoms with van der Waals surface area (Å²) in [6, 6.07) is 0.111. The number of amides is 1. The van der Waals surface area contributed by atoms with Crippen LogP contribution in [0.4, 0.5) is 0 Å². The van der Waals surface area contributed by atoms with Crippen LogP contribution in [-0.4, -0.2) is 40.0 Å². The van der Waals surface area contributed by atoms with Crippen molar-refractivity contribution in [3.8, 4) is 0 Å². The highest BCUT2D eigenvalue weighted by molar-refractivity contribution is 5.80. The van der Waals surface area contributed by atoms with E-state index < -0.39 is 5.97 Å². The first kappa shape index (κ1) is 15.0. The van der Waals surface area contributed by atoms with Gasteiger partial charge in [-0.1, -0.05) is 0 Å². The summed E-state index contributed by atoms with van der Waals surface area (Å²) in [5, 5.41) is 8.76. The molecule has 2 atom stereocenters. The molecule has 0 aromatic heterocycles. The maximum atomic E-state index is 12.4. The first-order valence-electron chi connectivity index (χ1n) is 6.50. The second-order valence-electron chi connectivity index (χ2n) is 6.07. The number of hydrogen-bond donors (Lipinski definition) is 2. The first-order valence-corrected chi connectivity index (χ1v) is 6.50. The summed E-state index contributed by atoms with van der Waals surface area (Å²) in [4.78, 5) is 24.8. The molecule has 1 amide bonds. The molecule has 1 fully saturated rings. The van der Waals surface area contributed by atoms with Crippen molar-refractivity contribution in [2.45, 2.75) is 58.0 Å². The van der Waals surface area contributed by atoms with Gasteiger partial charge in [0.1, 0.15) is 0 Å². The van der Waals surface area contributed by atoms with Gasteiger partial charge in [0, 0.05) is 24.0 Å². The normalized spacial score (nSPS) is 24.0. The fourth-order valence-electron chi connectivity index (χ4n) is 2.44. The van der Waals surface area contributed by atoms with E-state index in [2.05, 4.69) is 0 Å². The fraction of sp³-hybridized carbons (Fsp3) is 0.846. The van der Waals surface area contributed by atoms with Crippen LogP contribution in [0.5, 0.6) is 0 Å². The van der Waals surface area contributed by atoms with Crippen molar-refractivity contribution in [2.75, 3.05) is 6.54 Å².